The fraction of sp³-hybridized carbons (Fsp3) is 0.846. The molecule has 0 aliphatic heterocycles. The van der Waals surface area contributed by atoms with E-state index in [-0.39, 0.29) is 25.0 Å². The Labute approximate surface area is 124 Å². The number of hydrogen-bond acceptors (Lipinski definition) is 4. The first kappa shape index (κ1) is 19.1. The SMILES string of the molecule is CCN(CC)C(=O)COCCOCC(=O)NCCC[SiH3]. The quantitative estimate of drug-likeness (QED) is 0.378. The second-order valence-electron chi connectivity index (χ2n) is 4.37. The second kappa shape index (κ2) is 13.1. The predicted molar refractivity (Wildman–Crippen MR) is 81.9 cm³/mol. The molecule has 1 N–H and O–H groups in total. The highest BCUT2D eigenvalue weighted by molar-refractivity contribution is 6.08. The van der Waals surface area contributed by atoms with Crippen molar-refractivity contribution in [1.82, 2.24) is 10.2 Å². The lowest BCUT2D eigenvalue weighted by molar-refractivity contribution is -0.137. The van der Waals surface area contributed by atoms with E-state index < -0.39 is 0 Å². The molecule has 0 bridgehead atoms. The van der Waals surface area contributed by atoms with E-state index in [0.717, 1.165) is 13.0 Å². The first-order chi connectivity index (χ1) is 9.65. The Morgan fingerprint density at radius 1 is 1.10 bits per heavy atom. The molecule has 2 amide bonds. The zero-order chi connectivity index (χ0) is 15.2. The largest absolute Gasteiger partial charge is 0.369 e. The van der Waals surface area contributed by atoms with Crippen LogP contribution in [0.2, 0.25) is 6.04 Å². The molecule has 0 aromatic carbocycles. The van der Waals surface area contributed by atoms with Crippen LogP contribution in [-0.4, -0.2) is 73.0 Å². The molecule has 0 aromatic heterocycles. The van der Waals surface area contributed by atoms with Crippen molar-refractivity contribution in [2.24, 2.45) is 0 Å². The standard InChI is InChI=1S/C13H28N2O4Si/c1-3-15(4-2)13(17)11-19-8-7-18-10-12(16)14-6-5-9-20/h3-11H2,1-2,20H3,(H,14,16). The van der Waals surface area contributed by atoms with Crippen molar-refractivity contribution in [3.05, 3.63) is 0 Å². The number of rotatable bonds is 12. The van der Waals surface area contributed by atoms with Gasteiger partial charge in [0, 0.05) is 29.9 Å². The average molecular weight is 304 g/mol. The van der Waals surface area contributed by atoms with Crippen molar-refractivity contribution >= 4 is 22.1 Å². The molecule has 0 saturated carbocycles. The molecule has 0 spiro atoms. The molecule has 0 atom stereocenters. The van der Waals surface area contributed by atoms with Gasteiger partial charge in [0.15, 0.2) is 0 Å². The molecular formula is C13H28N2O4Si. The number of amides is 2. The number of carbonyl (C=O) groups excluding carboxylic acids is 2. The fourth-order valence-corrected chi connectivity index (χ4v) is 1.92. The Hall–Kier alpha value is -0.923. The van der Waals surface area contributed by atoms with E-state index >= 15 is 0 Å². The molecule has 0 aromatic rings. The van der Waals surface area contributed by atoms with Gasteiger partial charge in [-0.2, -0.15) is 0 Å². The molecule has 0 aliphatic rings. The summed E-state index contributed by atoms with van der Waals surface area (Å²) in [5.41, 5.74) is 0. The highest BCUT2D eigenvalue weighted by Crippen LogP contribution is 1.90. The minimum Gasteiger partial charge on any atom is -0.369 e. The summed E-state index contributed by atoms with van der Waals surface area (Å²) >= 11 is 0. The molecule has 0 heterocycles. The van der Waals surface area contributed by atoms with Gasteiger partial charge in [-0.05, 0) is 20.3 Å². The first-order valence-electron chi connectivity index (χ1n) is 7.35. The molecule has 7 heteroatoms. The second-order valence-corrected chi connectivity index (χ2v) is 5.37. The van der Waals surface area contributed by atoms with Gasteiger partial charge in [-0.1, -0.05) is 6.04 Å². The molecular weight excluding hydrogens is 276 g/mol. The van der Waals surface area contributed by atoms with Gasteiger partial charge in [0.25, 0.3) is 0 Å². The summed E-state index contributed by atoms with van der Waals surface area (Å²) in [6.07, 6.45) is 1.04. The third-order valence-electron chi connectivity index (χ3n) is 2.80. The number of nitrogens with zero attached hydrogens (tertiary/aromatic N) is 1. The van der Waals surface area contributed by atoms with Crippen molar-refractivity contribution < 1.29 is 19.1 Å². The lowest BCUT2D eigenvalue weighted by atomic mass is 10.4. The van der Waals surface area contributed by atoms with Crippen molar-refractivity contribution in [2.75, 3.05) is 46.1 Å². The van der Waals surface area contributed by atoms with Gasteiger partial charge in [-0.25, -0.2) is 0 Å². The van der Waals surface area contributed by atoms with E-state index in [0.29, 0.717) is 26.3 Å². The summed E-state index contributed by atoms with van der Waals surface area (Å²) in [4.78, 5) is 24.6. The van der Waals surface area contributed by atoms with Crippen LogP contribution in [0, 0.1) is 0 Å². The van der Waals surface area contributed by atoms with Crippen LogP contribution in [0.25, 0.3) is 0 Å². The van der Waals surface area contributed by atoms with Crippen LogP contribution in [0.5, 0.6) is 0 Å². The van der Waals surface area contributed by atoms with Crippen molar-refractivity contribution in [1.29, 1.82) is 0 Å². The zero-order valence-electron chi connectivity index (χ0n) is 12.9. The van der Waals surface area contributed by atoms with Crippen LogP contribution in [0.15, 0.2) is 0 Å². The maximum atomic E-state index is 11.6. The number of hydrogen-bond donors (Lipinski definition) is 1. The summed E-state index contributed by atoms with van der Waals surface area (Å²) in [5.74, 6) is -0.116. The summed E-state index contributed by atoms with van der Waals surface area (Å²) in [5, 5.41) is 2.78. The number of nitrogens with one attached hydrogen (secondary N) is 1. The van der Waals surface area contributed by atoms with Gasteiger partial charge in [-0.3, -0.25) is 9.59 Å². The Balaban J connectivity index is 3.44. The fourth-order valence-electron chi connectivity index (χ4n) is 1.57. The molecule has 0 aliphatic carbocycles. The van der Waals surface area contributed by atoms with E-state index in [1.165, 1.54) is 16.3 Å². The number of likely N-dealkylation sites (N-methyl/N-ethyl adjacent to an activating group) is 1. The van der Waals surface area contributed by atoms with Gasteiger partial charge < -0.3 is 19.7 Å². The minimum atomic E-state index is -0.0978. The maximum absolute atomic E-state index is 11.6. The normalized spacial score (nSPS) is 10.5. The Morgan fingerprint density at radius 2 is 1.70 bits per heavy atom. The van der Waals surface area contributed by atoms with Gasteiger partial charge in [0.2, 0.25) is 11.8 Å². The molecule has 0 fully saturated rings. The monoisotopic (exact) mass is 304 g/mol. The third-order valence-corrected chi connectivity index (χ3v) is 3.51. The van der Waals surface area contributed by atoms with Gasteiger partial charge in [-0.15, -0.1) is 0 Å². The van der Waals surface area contributed by atoms with Crippen LogP contribution in [0.1, 0.15) is 20.3 Å². The first-order valence-corrected chi connectivity index (χ1v) is 8.77. The predicted octanol–water partition coefficient (Wildman–Crippen LogP) is -0.822. The highest BCUT2D eigenvalue weighted by Gasteiger charge is 2.08. The van der Waals surface area contributed by atoms with Crippen LogP contribution >= 0.6 is 0 Å². The smallest absolute Gasteiger partial charge is 0.248 e. The molecule has 118 valence electrons. The molecule has 6 nitrogen and oxygen atoms in total. The Bertz CT molecular complexity index is 273. The Morgan fingerprint density at radius 3 is 2.25 bits per heavy atom. The summed E-state index contributed by atoms with van der Waals surface area (Å²) < 4.78 is 10.4. The van der Waals surface area contributed by atoms with Crippen LogP contribution in [0.3, 0.4) is 0 Å². The number of ether oxygens (including phenoxy) is 2. The summed E-state index contributed by atoms with van der Waals surface area (Å²) in [6.45, 7) is 6.73. The summed E-state index contributed by atoms with van der Waals surface area (Å²) in [7, 11) is 1.17. The van der Waals surface area contributed by atoms with E-state index in [9.17, 15) is 9.59 Å². The van der Waals surface area contributed by atoms with Gasteiger partial charge >= 0.3 is 0 Å². The molecule has 0 rings (SSSR count). The van der Waals surface area contributed by atoms with Crippen molar-refractivity contribution in [3.63, 3.8) is 0 Å². The lowest BCUT2D eigenvalue weighted by Gasteiger charge is -2.18. The van der Waals surface area contributed by atoms with Gasteiger partial charge in [0.05, 0.1) is 13.2 Å². The highest BCUT2D eigenvalue weighted by atomic mass is 28.1. The summed E-state index contributed by atoms with van der Waals surface area (Å²) in [6, 6.07) is 1.19. The van der Waals surface area contributed by atoms with E-state index in [4.69, 9.17) is 9.47 Å². The number of carbonyl (C=O) groups is 2. The minimum absolute atomic E-state index is 0.0177. The van der Waals surface area contributed by atoms with E-state index in [1.807, 2.05) is 13.8 Å². The maximum Gasteiger partial charge on any atom is 0.248 e. The molecule has 20 heavy (non-hydrogen) atoms. The van der Waals surface area contributed by atoms with Crippen LogP contribution in [0.4, 0.5) is 0 Å². The Kier molecular flexibility index (Phi) is 12.5. The topological polar surface area (TPSA) is 67.9 Å². The van der Waals surface area contributed by atoms with E-state index in [2.05, 4.69) is 5.32 Å². The van der Waals surface area contributed by atoms with Crippen LogP contribution in [-0.2, 0) is 19.1 Å². The lowest BCUT2D eigenvalue weighted by Crippen LogP contribution is -2.34. The van der Waals surface area contributed by atoms with Crippen molar-refractivity contribution in [2.45, 2.75) is 26.3 Å². The average Bonchev–Trinajstić information content (AvgIpc) is 2.44. The van der Waals surface area contributed by atoms with Crippen molar-refractivity contribution in [3.8, 4) is 0 Å². The van der Waals surface area contributed by atoms with Crippen LogP contribution < -0.4 is 5.32 Å². The van der Waals surface area contributed by atoms with E-state index in [1.54, 1.807) is 4.90 Å². The molecule has 0 radical (unpaired) electrons. The zero-order valence-corrected chi connectivity index (χ0v) is 14.9. The third kappa shape index (κ3) is 9.94. The molecule has 0 unspecified atom stereocenters. The van der Waals surface area contributed by atoms with Gasteiger partial charge in [0.1, 0.15) is 13.2 Å². The molecule has 0 saturated heterocycles.